The molecule has 1 heterocycles. The number of halogens is 1. The normalized spacial score (nSPS) is 10.1. The quantitative estimate of drug-likeness (QED) is 0.918. The van der Waals surface area contributed by atoms with Gasteiger partial charge in [-0.2, -0.15) is 0 Å². The summed E-state index contributed by atoms with van der Waals surface area (Å²) in [5, 5.41) is 0. The number of anilines is 1. The van der Waals surface area contributed by atoms with Gasteiger partial charge in [0.2, 0.25) is 0 Å². The minimum atomic E-state index is 0.638. The lowest BCUT2D eigenvalue weighted by Gasteiger charge is -2.06. The van der Waals surface area contributed by atoms with Crippen molar-refractivity contribution in [2.45, 2.75) is 0 Å². The van der Waals surface area contributed by atoms with E-state index in [2.05, 4.69) is 20.9 Å². The molecule has 2 aromatic rings. The predicted molar refractivity (Wildman–Crippen MR) is 68.3 cm³/mol. The van der Waals surface area contributed by atoms with Crippen molar-refractivity contribution in [3.8, 4) is 17.0 Å². The molecule has 0 atom stereocenters. The fourth-order valence-corrected chi connectivity index (χ4v) is 2.03. The van der Waals surface area contributed by atoms with Crippen LogP contribution in [-0.4, -0.2) is 12.1 Å². The molecule has 0 aliphatic carbocycles. The minimum absolute atomic E-state index is 0.638. The van der Waals surface area contributed by atoms with Crippen molar-refractivity contribution in [3.05, 3.63) is 41.0 Å². The van der Waals surface area contributed by atoms with E-state index in [1.165, 1.54) is 0 Å². The van der Waals surface area contributed by atoms with E-state index in [9.17, 15) is 0 Å². The number of nitrogens with two attached hydrogens (primary N) is 1. The zero-order valence-electron chi connectivity index (χ0n) is 8.77. The number of methoxy groups -OCH3 is 1. The van der Waals surface area contributed by atoms with Crippen LogP contribution in [0.1, 0.15) is 0 Å². The van der Waals surface area contributed by atoms with Crippen LogP contribution in [0.4, 0.5) is 5.69 Å². The van der Waals surface area contributed by atoms with Gasteiger partial charge in [0.15, 0.2) is 0 Å². The second-order valence-electron chi connectivity index (χ2n) is 3.33. The number of pyridine rings is 1. The Bertz CT molecular complexity index is 514. The van der Waals surface area contributed by atoms with E-state index in [1.54, 1.807) is 13.3 Å². The average Bonchev–Trinajstić information content (AvgIpc) is 2.29. The zero-order valence-corrected chi connectivity index (χ0v) is 10.4. The molecule has 1 aromatic heterocycles. The maximum absolute atomic E-state index is 5.64. The first-order valence-electron chi connectivity index (χ1n) is 4.76. The molecule has 3 nitrogen and oxygen atoms in total. The van der Waals surface area contributed by atoms with Crippen LogP contribution >= 0.6 is 15.9 Å². The molecule has 2 rings (SSSR count). The van der Waals surface area contributed by atoms with Gasteiger partial charge in [0.05, 0.1) is 24.7 Å². The Morgan fingerprint density at radius 1 is 1.31 bits per heavy atom. The molecule has 1 aromatic carbocycles. The van der Waals surface area contributed by atoms with Crippen LogP contribution in [0, 0.1) is 0 Å². The molecule has 0 aliphatic heterocycles. The summed E-state index contributed by atoms with van der Waals surface area (Å²) in [4.78, 5) is 4.30. The largest absolute Gasteiger partial charge is 0.497 e. The molecule has 4 heteroatoms. The molecule has 0 saturated heterocycles. The van der Waals surface area contributed by atoms with Crippen LogP contribution in [0.15, 0.2) is 41.0 Å². The van der Waals surface area contributed by atoms with Gasteiger partial charge in [0.25, 0.3) is 0 Å². The van der Waals surface area contributed by atoms with Gasteiger partial charge < -0.3 is 10.5 Å². The highest BCUT2D eigenvalue weighted by Crippen LogP contribution is 2.29. The smallest absolute Gasteiger partial charge is 0.119 e. The maximum atomic E-state index is 5.64. The number of benzene rings is 1. The standard InChI is InChI=1S/C12H11BrN2O/c1-16-10-4-2-3-8(5-10)12-11(13)6-9(14)7-15-12/h2-7H,14H2,1H3. The number of nitrogen functional groups attached to an aromatic ring is 1. The molecule has 0 saturated carbocycles. The molecule has 82 valence electrons. The van der Waals surface area contributed by atoms with E-state index in [1.807, 2.05) is 30.3 Å². The summed E-state index contributed by atoms with van der Waals surface area (Å²) in [7, 11) is 1.64. The summed E-state index contributed by atoms with van der Waals surface area (Å²) < 4.78 is 6.05. The average molecular weight is 279 g/mol. The van der Waals surface area contributed by atoms with Crippen LogP contribution in [0.5, 0.6) is 5.75 Å². The Morgan fingerprint density at radius 2 is 2.12 bits per heavy atom. The first-order chi connectivity index (χ1) is 7.70. The van der Waals surface area contributed by atoms with Gasteiger partial charge in [-0.05, 0) is 34.1 Å². The molecule has 0 aliphatic rings. The van der Waals surface area contributed by atoms with Gasteiger partial charge in [-0.3, -0.25) is 4.98 Å². The van der Waals surface area contributed by atoms with Gasteiger partial charge in [-0.15, -0.1) is 0 Å². The fourth-order valence-electron chi connectivity index (χ4n) is 1.44. The summed E-state index contributed by atoms with van der Waals surface area (Å²) in [5.74, 6) is 0.808. The Morgan fingerprint density at radius 3 is 2.81 bits per heavy atom. The van der Waals surface area contributed by atoms with Crippen LogP contribution in [0.3, 0.4) is 0 Å². The molecule has 0 fully saturated rings. The number of nitrogens with zero attached hydrogens (tertiary/aromatic N) is 1. The molecule has 0 bridgehead atoms. The minimum Gasteiger partial charge on any atom is -0.497 e. The highest BCUT2D eigenvalue weighted by atomic mass is 79.9. The van der Waals surface area contributed by atoms with Gasteiger partial charge in [0, 0.05) is 10.0 Å². The number of ether oxygens (including phenoxy) is 1. The van der Waals surface area contributed by atoms with Crippen molar-refractivity contribution < 1.29 is 4.74 Å². The maximum Gasteiger partial charge on any atom is 0.119 e. The lowest BCUT2D eigenvalue weighted by atomic mass is 10.1. The molecule has 0 unspecified atom stereocenters. The molecule has 0 radical (unpaired) electrons. The summed E-state index contributed by atoms with van der Waals surface area (Å²) in [6, 6.07) is 9.57. The Hall–Kier alpha value is -1.55. The molecule has 2 N–H and O–H groups in total. The highest BCUT2D eigenvalue weighted by molar-refractivity contribution is 9.10. The van der Waals surface area contributed by atoms with Crippen LogP contribution < -0.4 is 10.5 Å². The summed E-state index contributed by atoms with van der Waals surface area (Å²) in [5.41, 5.74) is 8.13. The van der Waals surface area contributed by atoms with E-state index in [0.29, 0.717) is 5.69 Å². The van der Waals surface area contributed by atoms with Gasteiger partial charge in [0.1, 0.15) is 5.75 Å². The summed E-state index contributed by atoms with van der Waals surface area (Å²) in [6.45, 7) is 0. The third kappa shape index (κ3) is 2.17. The number of hydrogen-bond acceptors (Lipinski definition) is 3. The SMILES string of the molecule is COc1cccc(-c2ncc(N)cc2Br)c1. The van der Waals surface area contributed by atoms with Crippen LogP contribution in [-0.2, 0) is 0 Å². The lowest BCUT2D eigenvalue weighted by Crippen LogP contribution is -1.91. The van der Waals surface area contributed by atoms with E-state index >= 15 is 0 Å². The Kier molecular flexibility index (Phi) is 3.10. The number of aromatic nitrogens is 1. The van der Waals surface area contributed by atoms with Gasteiger partial charge in [-0.1, -0.05) is 12.1 Å². The Balaban J connectivity index is 2.49. The molecular formula is C12H11BrN2O. The third-order valence-electron chi connectivity index (χ3n) is 2.21. The van der Waals surface area contributed by atoms with Crippen molar-refractivity contribution in [3.63, 3.8) is 0 Å². The highest BCUT2D eigenvalue weighted by Gasteiger charge is 2.05. The molecule has 0 spiro atoms. The molecule has 16 heavy (non-hydrogen) atoms. The fraction of sp³-hybridized carbons (Fsp3) is 0.0833. The second kappa shape index (κ2) is 4.53. The van der Waals surface area contributed by atoms with Crippen molar-refractivity contribution in [1.29, 1.82) is 0 Å². The van der Waals surface area contributed by atoms with E-state index in [4.69, 9.17) is 10.5 Å². The van der Waals surface area contributed by atoms with Crippen molar-refractivity contribution in [1.82, 2.24) is 4.98 Å². The molecule has 0 amide bonds. The van der Waals surface area contributed by atoms with E-state index < -0.39 is 0 Å². The predicted octanol–water partition coefficient (Wildman–Crippen LogP) is 3.10. The first-order valence-corrected chi connectivity index (χ1v) is 5.55. The lowest BCUT2D eigenvalue weighted by molar-refractivity contribution is 0.415. The molecular weight excluding hydrogens is 268 g/mol. The summed E-state index contributed by atoms with van der Waals surface area (Å²) in [6.07, 6.45) is 1.64. The van der Waals surface area contributed by atoms with Crippen LogP contribution in [0.25, 0.3) is 11.3 Å². The monoisotopic (exact) mass is 278 g/mol. The van der Waals surface area contributed by atoms with Crippen molar-refractivity contribution >= 4 is 21.6 Å². The van der Waals surface area contributed by atoms with Gasteiger partial charge >= 0.3 is 0 Å². The van der Waals surface area contributed by atoms with Gasteiger partial charge in [-0.25, -0.2) is 0 Å². The number of hydrogen-bond donors (Lipinski definition) is 1. The zero-order chi connectivity index (χ0) is 11.5. The topological polar surface area (TPSA) is 48.1 Å². The second-order valence-corrected chi connectivity index (χ2v) is 4.19. The Labute approximate surface area is 102 Å². The van der Waals surface area contributed by atoms with Crippen LogP contribution in [0.2, 0.25) is 0 Å². The van der Waals surface area contributed by atoms with Crippen molar-refractivity contribution in [2.75, 3.05) is 12.8 Å². The van der Waals surface area contributed by atoms with Crippen molar-refractivity contribution in [2.24, 2.45) is 0 Å². The van der Waals surface area contributed by atoms with E-state index in [0.717, 1.165) is 21.5 Å². The van der Waals surface area contributed by atoms with E-state index in [-0.39, 0.29) is 0 Å². The summed E-state index contributed by atoms with van der Waals surface area (Å²) >= 11 is 3.45. The number of rotatable bonds is 2. The first kappa shape index (κ1) is 11.0. The third-order valence-corrected chi connectivity index (χ3v) is 2.81.